The fraction of sp³-hybridized carbons (Fsp3) is 0.933. The van der Waals surface area contributed by atoms with Crippen molar-refractivity contribution in [2.45, 2.75) is 83.0 Å². The largest absolute Gasteiger partial charge is 0.480 e. The van der Waals surface area contributed by atoms with Crippen LogP contribution in [0, 0.1) is 0 Å². The maximum absolute atomic E-state index is 11.6. The van der Waals surface area contributed by atoms with Crippen LogP contribution in [-0.2, 0) is 4.79 Å². The Morgan fingerprint density at radius 2 is 2.05 bits per heavy atom. The molecule has 110 valence electrons. The highest BCUT2D eigenvalue weighted by Gasteiger charge is 2.42. The Labute approximate surface area is 116 Å². The van der Waals surface area contributed by atoms with E-state index in [1.54, 1.807) is 0 Å². The predicted molar refractivity (Wildman–Crippen MR) is 76.3 cm³/mol. The SMILES string of the molecule is CCCN(C(C)CC(C)(NC1CC1)C(=O)O)C1CC1. The van der Waals surface area contributed by atoms with Crippen LogP contribution in [0.5, 0.6) is 0 Å². The molecule has 2 saturated carbocycles. The van der Waals surface area contributed by atoms with Crippen LogP contribution in [0.2, 0.25) is 0 Å². The number of carboxylic acids is 1. The summed E-state index contributed by atoms with van der Waals surface area (Å²) in [6, 6.07) is 1.46. The van der Waals surface area contributed by atoms with E-state index in [4.69, 9.17) is 0 Å². The van der Waals surface area contributed by atoms with Crippen LogP contribution in [-0.4, -0.2) is 46.2 Å². The van der Waals surface area contributed by atoms with E-state index in [9.17, 15) is 9.90 Å². The summed E-state index contributed by atoms with van der Waals surface area (Å²) in [5.74, 6) is -0.710. The van der Waals surface area contributed by atoms with Crippen molar-refractivity contribution in [3.05, 3.63) is 0 Å². The Morgan fingerprint density at radius 1 is 1.42 bits per heavy atom. The second-order valence-electron chi connectivity index (χ2n) is 6.58. The first-order valence-electron chi connectivity index (χ1n) is 7.73. The van der Waals surface area contributed by atoms with Crippen LogP contribution in [0.1, 0.15) is 59.3 Å². The van der Waals surface area contributed by atoms with Gasteiger partial charge in [0.05, 0.1) is 0 Å². The van der Waals surface area contributed by atoms with E-state index in [2.05, 4.69) is 24.1 Å². The molecule has 2 aliphatic carbocycles. The number of rotatable bonds is 9. The van der Waals surface area contributed by atoms with Crippen molar-refractivity contribution in [3.63, 3.8) is 0 Å². The molecule has 2 aliphatic rings. The fourth-order valence-electron chi connectivity index (χ4n) is 3.02. The van der Waals surface area contributed by atoms with Gasteiger partial charge in [0, 0.05) is 18.1 Å². The lowest BCUT2D eigenvalue weighted by atomic mass is 9.92. The first-order valence-corrected chi connectivity index (χ1v) is 7.73. The quantitative estimate of drug-likeness (QED) is 0.673. The molecule has 19 heavy (non-hydrogen) atoms. The van der Waals surface area contributed by atoms with Crippen LogP contribution in [0.4, 0.5) is 0 Å². The van der Waals surface area contributed by atoms with Crippen molar-refractivity contribution < 1.29 is 9.90 Å². The molecular formula is C15H28N2O2. The van der Waals surface area contributed by atoms with Crippen molar-refractivity contribution in [1.29, 1.82) is 0 Å². The second kappa shape index (κ2) is 5.80. The van der Waals surface area contributed by atoms with E-state index in [1.165, 1.54) is 12.8 Å². The highest BCUT2D eigenvalue weighted by molar-refractivity contribution is 5.78. The van der Waals surface area contributed by atoms with Crippen molar-refractivity contribution in [2.75, 3.05) is 6.54 Å². The summed E-state index contributed by atoms with van der Waals surface area (Å²) in [5.41, 5.74) is -0.776. The minimum Gasteiger partial charge on any atom is -0.480 e. The highest BCUT2D eigenvalue weighted by Crippen LogP contribution is 2.32. The Bertz CT molecular complexity index is 326. The molecule has 2 rings (SSSR count). The van der Waals surface area contributed by atoms with Crippen LogP contribution >= 0.6 is 0 Å². The number of hydrogen-bond donors (Lipinski definition) is 2. The predicted octanol–water partition coefficient (Wildman–Crippen LogP) is 2.23. The van der Waals surface area contributed by atoms with Crippen molar-refractivity contribution in [3.8, 4) is 0 Å². The molecule has 0 aliphatic heterocycles. The van der Waals surface area contributed by atoms with Crippen LogP contribution in [0.15, 0.2) is 0 Å². The van der Waals surface area contributed by atoms with E-state index in [0.717, 1.165) is 25.8 Å². The summed E-state index contributed by atoms with van der Waals surface area (Å²) < 4.78 is 0. The third-order valence-electron chi connectivity index (χ3n) is 4.34. The number of carboxylic acid groups (broad SMARTS) is 1. The molecule has 4 heteroatoms. The lowest BCUT2D eigenvalue weighted by Gasteiger charge is -2.35. The number of aliphatic carboxylic acids is 1. The zero-order valence-corrected chi connectivity index (χ0v) is 12.5. The lowest BCUT2D eigenvalue weighted by molar-refractivity contribution is -0.145. The van der Waals surface area contributed by atoms with Gasteiger partial charge in [0.15, 0.2) is 0 Å². The molecule has 2 N–H and O–H groups in total. The Kier molecular flexibility index (Phi) is 4.51. The van der Waals surface area contributed by atoms with Crippen molar-refractivity contribution in [1.82, 2.24) is 10.2 Å². The van der Waals surface area contributed by atoms with Gasteiger partial charge < -0.3 is 5.11 Å². The normalized spacial score (nSPS) is 24.2. The average Bonchev–Trinajstić information content (AvgIpc) is 3.18. The first kappa shape index (κ1) is 14.8. The van der Waals surface area contributed by atoms with Gasteiger partial charge in [-0.25, -0.2) is 0 Å². The number of nitrogens with zero attached hydrogens (tertiary/aromatic N) is 1. The van der Waals surface area contributed by atoms with Gasteiger partial charge in [-0.2, -0.15) is 0 Å². The molecule has 0 heterocycles. The van der Waals surface area contributed by atoms with Crippen molar-refractivity contribution in [2.24, 2.45) is 0 Å². The van der Waals surface area contributed by atoms with Gasteiger partial charge in [-0.1, -0.05) is 6.92 Å². The standard InChI is InChI=1S/C15H28N2O2/c1-4-9-17(13-7-8-13)11(2)10-15(3,14(18)19)16-12-5-6-12/h11-13,16H,4-10H2,1-3H3,(H,18,19). The first-order chi connectivity index (χ1) is 8.96. The summed E-state index contributed by atoms with van der Waals surface area (Å²) in [6.45, 7) is 7.32. The molecule has 0 spiro atoms. The lowest BCUT2D eigenvalue weighted by Crippen LogP contribution is -2.54. The molecule has 2 fully saturated rings. The van der Waals surface area contributed by atoms with E-state index in [-0.39, 0.29) is 0 Å². The van der Waals surface area contributed by atoms with E-state index in [1.807, 2.05) is 6.92 Å². The Morgan fingerprint density at radius 3 is 2.47 bits per heavy atom. The Hall–Kier alpha value is -0.610. The molecule has 0 saturated heterocycles. The van der Waals surface area contributed by atoms with Gasteiger partial charge in [0.2, 0.25) is 0 Å². The molecular weight excluding hydrogens is 240 g/mol. The fourth-order valence-corrected chi connectivity index (χ4v) is 3.02. The van der Waals surface area contributed by atoms with E-state index < -0.39 is 11.5 Å². The van der Waals surface area contributed by atoms with Gasteiger partial charge in [-0.05, 0) is 58.9 Å². The summed E-state index contributed by atoms with van der Waals surface area (Å²) in [5, 5.41) is 12.9. The van der Waals surface area contributed by atoms with E-state index in [0.29, 0.717) is 24.5 Å². The zero-order valence-electron chi connectivity index (χ0n) is 12.5. The summed E-state index contributed by atoms with van der Waals surface area (Å²) in [6.07, 6.45) is 6.64. The second-order valence-corrected chi connectivity index (χ2v) is 6.58. The number of hydrogen-bond acceptors (Lipinski definition) is 3. The zero-order chi connectivity index (χ0) is 14.0. The van der Waals surface area contributed by atoms with Crippen LogP contribution < -0.4 is 5.32 Å². The average molecular weight is 268 g/mol. The van der Waals surface area contributed by atoms with Gasteiger partial charge in [0.1, 0.15) is 5.54 Å². The summed E-state index contributed by atoms with van der Waals surface area (Å²) in [7, 11) is 0. The molecule has 0 radical (unpaired) electrons. The highest BCUT2D eigenvalue weighted by atomic mass is 16.4. The molecule has 0 bridgehead atoms. The van der Waals surface area contributed by atoms with Gasteiger partial charge in [0.25, 0.3) is 0 Å². The molecule has 0 aromatic carbocycles. The summed E-state index contributed by atoms with van der Waals surface area (Å²) in [4.78, 5) is 14.1. The third-order valence-corrected chi connectivity index (χ3v) is 4.34. The Balaban J connectivity index is 1.95. The van der Waals surface area contributed by atoms with Crippen LogP contribution in [0.25, 0.3) is 0 Å². The molecule has 2 atom stereocenters. The van der Waals surface area contributed by atoms with Gasteiger partial charge in [-0.15, -0.1) is 0 Å². The third kappa shape index (κ3) is 3.93. The summed E-state index contributed by atoms with van der Waals surface area (Å²) >= 11 is 0. The number of carbonyl (C=O) groups is 1. The maximum Gasteiger partial charge on any atom is 0.323 e. The maximum atomic E-state index is 11.6. The minimum absolute atomic E-state index is 0.333. The van der Waals surface area contributed by atoms with Crippen molar-refractivity contribution >= 4 is 5.97 Å². The van der Waals surface area contributed by atoms with Gasteiger partial charge >= 0.3 is 5.97 Å². The molecule has 0 amide bonds. The van der Waals surface area contributed by atoms with E-state index >= 15 is 0 Å². The monoisotopic (exact) mass is 268 g/mol. The molecule has 0 aromatic rings. The molecule has 4 nitrogen and oxygen atoms in total. The molecule has 2 unspecified atom stereocenters. The van der Waals surface area contributed by atoms with Gasteiger partial charge in [-0.3, -0.25) is 15.0 Å². The molecule has 0 aromatic heterocycles. The topological polar surface area (TPSA) is 52.6 Å². The van der Waals surface area contributed by atoms with Crippen LogP contribution in [0.3, 0.4) is 0 Å². The number of nitrogens with one attached hydrogen (secondary N) is 1. The smallest absolute Gasteiger partial charge is 0.323 e. The minimum atomic E-state index is -0.776.